The van der Waals surface area contributed by atoms with Crippen molar-refractivity contribution in [2.45, 2.75) is 6.04 Å². The standard InChI is InChI=1S/C14H11N4O/c19-8-9-5-13(9)18-7-10(6-17-18)11-1-3-15-14-12(11)2-4-16-14/h1-9,13H,(H,15,16). The second-order valence-electron chi connectivity index (χ2n) is 4.70. The molecule has 1 N–H and O–H groups in total. The minimum Gasteiger partial charge on any atom is -0.346 e. The van der Waals surface area contributed by atoms with Gasteiger partial charge in [0.15, 0.2) is 0 Å². The minimum absolute atomic E-state index is 0.0115. The number of nitrogens with one attached hydrogen (secondary N) is 1. The number of rotatable bonds is 3. The predicted octanol–water partition coefficient (Wildman–Crippen LogP) is 2.00. The number of aldehydes is 1. The zero-order valence-corrected chi connectivity index (χ0v) is 10.0. The molecule has 0 aliphatic heterocycles. The molecule has 5 heteroatoms. The van der Waals surface area contributed by atoms with Crippen LogP contribution in [0.25, 0.3) is 22.2 Å². The Morgan fingerprint density at radius 3 is 3.16 bits per heavy atom. The van der Waals surface area contributed by atoms with E-state index in [1.807, 2.05) is 41.8 Å². The summed E-state index contributed by atoms with van der Waals surface area (Å²) in [4.78, 5) is 18.1. The Balaban J connectivity index is 1.76. The number of hydrogen-bond acceptors (Lipinski definition) is 3. The molecule has 5 nitrogen and oxygen atoms in total. The van der Waals surface area contributed by atoms with Crippen LogP contribution in [0, 0.1) is 12.3 Å². The van der Waals surface area contributed by atoms with Gasteiger partial charge in [-0.25, -0.2) is 4.98 Å². The van der Waals surface area contributed by atoms with Crippen molar-refractivity contribution in [3.63, 3.8) is 0 Å². The van der Waals surface area contributed by atoms with Crippen LogP contribution >= 0.6 is 0 Å². The van der Waals surface area contributed by atoms with Gasteiger partial charge in [-0.15, -0.1) is 0 Å². The first-order valence-electron chi connectivity index (χ1n) is 6.14. The van der Waals surface area contributed by atoms with Gasteiger partial charge in [-0.05, 0) is 24.1 Å². The van der Waals surface area contributed by atoms with E-state index >= 15 is 0 Å². The van der Waals surface area contributed by atoms with Crippen molar-refractivity contribution >= 4 is 17.3 Å². The fraction of sp³-hybridized carbons (Fsp3) is 0.143. The zero-order valence-electron chi connectivity index (χ0n) is 10.0. The Morgan fingerprint density at radius 1 is 1.37 bits per heavy atom. The SMILES string of the molecule is O=CC1[CH]C1n1cc(-c2ccnc3[nH]ccc23)cn1. The van der Waals surface area contributed by atoms with Crippen LogP contribution in [0.3, 0.4) is 0 Å². The highest BCUT2D eigenvalue weighted by Crippen LogP contribution is 2.40. The number of aromatic nitrogens is 4. The first-order valence-corrected chi connectivity index (χ1v) is 6.14. The fourth-order valence-electron chi connectivity index (χ4n) is 2.41. The highest BCUT2D eigenvalue weighted by atomic mass is 16.1. The van der Waals surface area contributed by atoms with Gasteiger partial charge in [0, 0.05) is 35.5 Å². The van der Waals surface area contributed by atoms with Crippen LogP contribution in [0.1, 0.15) is 6.04 Å². The predicted molar refractivity (Wildman–Crippen MR) is 70.2 cm³/mol. The third-order valence-corrected chi connectivity index (χ3v) is 3.51. The largest absolute Gasteiger partial charge is 0.346 e. The van der Waals surface area contributed by atoms with Gasteiger partial charge >= 0.3 is 0 Å². The molecule has 0 aromatic carbocycles. The molecule has 0 amide bonds. The lowest BCUT2D eigenvalue weighted by molar-refractivity contribution is -0.108. The van der Waals surface area contributed by atoms with Gasteiger partial charge in [-0.2, -0.15) is 5.10 Å². The lowest BCUT2D eigenvalue weighted by Crippen LogP contribution is -1.96. The quantitative estimate of drug-likeness (QED) is 0.724. The highest BCUT2D eigenvalue weighted by Gasteiger charge is 2.39. The molecular weight excluding hydrogens is 240 g/mol. The Morgan fingerprint density at radius 2 is 2.32 bits per heavy atom. The summed E-state index contributed by atoms with van der Waals surface area (Å²) in [6.07, 6.45) is 10.4. The van der Waals surface area contributed by atoms with Gasteiger partial charge < -0.3 is 9.78 Å². The van der Waals surface area contributed by atoms with E-state index in [-0.39, 0.29) is 12.0 Å². The van der Waals surface area contributed by atoms with Crippen molar-refractivity contribution in [1.29, 1.82) is 0 Å². The third kappa shape index (κ3) is 1.58. The number of carbonyl (C=O) groups is 1. The van der Waals surface area contributed by atoms with Crippen LogP contribution in [0.15, 0.2) is 36.9 Å². The molecule has 1 fully saturated rings. The normalized spacial score (nSPS) is 21.7. The summed E-state index contributed by atoms with van der Waals surface area (Å²) in [5.74, 6) is 0.0115. The van der Waals surface area contributed by atoms with Gasteiger partial charge in [-0.3, -0.25) is 4.68 Å². The van der Waals surface area contributed by atoms with Gasteiger partial charge in [0.1, 0.15) is 11.9 Å². The summed E-state index contributed by atoms with van der Waals surface area (Å²) in [5.41, 5.74) is 3.01. The van der Waals surface area contributed by atoms with Crippen LogP contribution in [0.5, 0.6) is 0 Å². The summed E-state index contributed by atoms with van der Waals surface area (Å²) in [5, 5.41) is 5.42. The monoisotopic (exact) mass is 251 g/mol. The maximum atomic E-state index is 10.7. The Bertz CT molecular complexity index is 757. The van der Waals surface area contributed by atoms with E-state index in [4.69, 9.17) is 0 Å². The fourth-order valence-corrected chi connectivity index (χ4v) is 2.41. The lowest BCUT2D eigenvalue weighted by atomic mass is 10.1. The van der Waals surface area contributed by atoms with Crippen LogP contribution in [-0.4, -0.2) is 26.0 Å². The first-order chi connectivity index (χ1) is 9.36. The number of carbonyl (C=O) groups excluding carboxylic acids is 1. The van der Waals surface area contributed by atoms with E-state index in [0.29, 0.717) is 0 Å². The molecule has 1 saturated carbocycles. The molecule has 4 rings (SSSR count). The average Bonchev–Trinajstić information content (AvgIpc) is 2.88. The topological polar surface area (TPSA) is 63.6 Å². The second-order valence-corrected chi connectivity index (χ2v) is 4.70. The van der Waals surface area contributed by atoms with Crippen LogP contribution in [0.4, 0.5) is 0 Å². The Hall–Kier alpha value is -2.43. The van der Waals surface area contributed by atoms with Crippen molar-refractivity contribution < 1.29 is 4.79 Å². The van der Waals surface area contributed by atoms with Crippen LogP contribution in [-0.2, 0) is 4.79 Å². The van der Waals surface area contributed by atoms with E-state index in [1.54, 1.807) is 6.20 Å². The number of nitrogens with zero attached hydrogens (tertiary/aromatic N) is 3. The van der Waals surface area contributed by atoms with E-state index < -0.39 is 0 Å². The zero-order chi connectivity index (χ0) is 12.8. The number of H-pyrrole nitrogens is 1. The van der Waals surface area contributed by atoms with E-state index in [9.17, 15) is 4.79 Å². The van der Waals surface area contributed by atoms with Crippen molar-refractivity contribution in [3.05, 3.63) is 43.3 Å². The molecule has 93 valence electrons. The summed E-state index contributed by atoms with van der Waals surface area (Å²) in [6, 6.07) is 4.10. The van der Waals surface area contributed by atoms with Crippen molar-refractivity contribution in [1.82, 2.24) is 19.7 Å². The van der Waals surface area contributed by atoms with E-state index in [0.717, 1.165) is 28.4 Å². The molecule has 2 atom stereocenters. The summed E-state index contributed by atoms with van der Waals surface area (Å²) in [6.45, 7) is 0. The van der Waals surface area contributed by atoms with Crippen LogP contribution < -0.4 is 0 Å². The van der Waals surface area contributed by atoms with Crippen molar-refractivity contribution in [2.24, 2.45) is 5.92 Å². The number of hydrogen-bond donors (Lipinski definition) is 1. The summed E-state index contributed by atoms with van der Waals surface area (Å²) in [7, 11) is 0. The Labute approximate surface area is 109 Å². The molecule has 0 saturated heterocycles. The molecule has 0 spiro atoms. The van der Waals surface area contributed by atoms with E-state index in [1.165, 1.54) is 0 Å². The van der Waals surface area contributed by atoms with Gasteiger partial charge in [-0.1, -0.05) is 0 Å². The molecule has 1 radical (unpaired) electrons. The van der Waals surface area contributed by atoms with Crippen LogP contribution in [0.2, 0.25) is 0 Å². The maximum Gasteiger partial charge on any atom is 0.137 e. The summed E-state index contributed by atoms with van der Waals surface area (Å²) >= 11 is 0. The Kier molecular flexibility index (Phi) is 2.09. The molecule has 2 unspecified atom stereocenters. The van der Waals surface area contributed by atoms with Gasteiger partial charge in [0.25, 0.3) is 0 Å². The molecule has 19 heavy (non-hydrogen) atoms. The molecular formula is C14H11N4O. The van der Waals surface area contributed by atoms with Crippen molar-refractivity contribution in [2.75, 3.05) is 0 Å². The average molecular weight is 251 g/mol. The molecule has 1 aliphatic carbocycles. The lowest BCUT2D eigenvalue weighted by Gasteiger charge is -1.99. The summed E-state index contributed by atoms with van der Waals surface area (Å²) < 4.78 is 1.84. The number of fused-ring (bicyclic) bond motifs is 1. The highest BCUT2D eigenvalue weighted by molar-refractivity contribution is 5.92. The maximum absolute atomic E-state index is 10.7. The van der Waals surface area contributed by atoms with Gasteiger partial charge in [0.05, 0.1) is 12.2 Å². The molecule has 3 heterocycles. The molecule has 0 bridgehead atoms. The third-order valence-electron chi connectivity index (χ3n) is 3.51. The van der Waals surface area contributed by atoms with Crippen molar-refractivity contribution in [3.8, 4) is 11.1 Å². The smallest absolute Gasteiger partial charge is 0.137 e. The molecule has 3 aromatic heterocycles. The van der Waals surface area contributed by atoms with Gasteiger partial charge in [0.2, 0.25) is 0 Å². The number of pyridine rings is 1. The van der Waals surface area contributed by atoms with E-state index in [2.05, 4.69) is 15.1 Å². The number of aromatic amines is 1. The molecule has 1 aliphatic rings. The minimum atomic E-state index is 0.0115. The second kappa shape index (κ2) is 3.78. The first kappa shape index (κ1) is 10.5. The molecule has 3 aromatic rings.